The lowest BCUT2D eigenvalue weighted by molar-refractivity contribution is -0.116. The van der Waals surface area contributed by atoms with Crippen molar-refractivity contribution in [1.82, 2.24) is 15.3 Å². The average Bonchev–Trinajstić information content (AvgIpc) is 2.34. The summed E-state index contributed by atoms with van der Waals surface area (Å²) >= 11 is 1.48. The number of rotatable bonds is 5. The van der Waals surface area contributed by atoms with Gasteiger partial charge in [-0.2, -0.15) is 0 Å². The summed E-state index contributed by atoms with van der Waals surface area (Å²) in [6.07, 6.45) is 10.0. The minimum atomic E-state index is -0.158. The highest BCUT2D eigenvalue weighted by atomic mass is 32.2. The van der Waals surface area contributed by atoms with Crippen LogP contribution in [0.3, 0.4) is 0 Å². The average molecular weight is 235 g/mol. The number of nitrogens with one attached hydrogen (secondary N) is 1. The van der Waals surface area contributed by atoms with Gasteiger partial charge >= 0.3 is 0 Å². The molecule has 0 saturated heterocycles. The smallest absolute Gasteiger partial charge is 0.244 e. The predicted molar refractivity (Wildman–Crippen MR) is 66.1 cm³/mol. The van der Waals surface area contributed by atoms with E-state index >= 15 is 0 Å². The second kappa shape index (κ2) is 6.79. The molecule has 84 valence electrons. The summed E-state index contributed by atoms with van der Waals surface area (Å²) in [5, 5.41) is 3.35. The number of carbonyl (C=O) groups is 1. The molecule has 0 bridgehead atoms. The number of aromatic nitrogens is 2. The fourth-order valence-corrected chi connectivity index (χ4v) is 1.24. The molecule has 1 rings (SSSR count). The molecule has 1 aromatic heterocycles. The van der Waals surface area contributed by atoms with Gasteiger partial charge in [-0.05, 0) is 12.3 Å². The summed E-state index contributed by atoms with van der Waals surface area (Å²) in [7, 11) is 0. The zero-order valence-electron chi connectivity index (χ0n) is 9.01. The molecule has 0 atom stereocenters. The highest BCUT2D eigenvalue weighted by Crippen LogP contribution is 2.07. The predicted octanol–water partition coefficient (Wildman–Crippen LogP) is 1.51. The molecule has 16 heavy (non-hydrogen) atoms. The first-order valence-corrected chi connectivity index (χ1v) is 5.91. The van der Waals surface area contributed by atoms with Crippen LogP contribution in [0.15, 0.2) is 36.3 Å². The normalized spacial score (nSPS) is 10.3. The highest BCUT2D eigenvalue weighted by Gasteiger charge is 1.94. The van der Waals surface area contributed by atoms with E-state index in [0.717, 1.165) is 5.56 Å². The first kappa shape index (κ1) is 12.4. The van der Waals surface area contributed by atoms with Crippen molar-refractivity contribution in [3.05, 3.63) is 36.7 Å². The van der Waals surface area contributed by atoms with Crippen LogP contribution in [-0.2, 0) is 4.79 Å². The van der Waals surface area contributed by atoms with Crippen LogP contribution in [0.1, 0.15) is 5.56 Å². The summed E-state index contributed by atoms with van der Waals surface area (Å²) < 4.78 is 0. The molecule has 1 N–H and O–H groups in total. The molecule has 1 heterocycles. The standard InChI is InChI=1S/C11H13N3OS/c1-3-6-12-10(15)5-4-9-7-13-11(16-2)14-8-9/h3-5,7-8H,1,6H2,2H3,(H,12,15). The Morgan fingerprint density at radius 1 is 1.56 bits per heavy atom. The number of hydrogen-bond acceptors (Lipinski definition) is 4. The molecular formula is C11H13N3OS. The quantitative estimate of drug-likeness (QED) is 0.364. The third kappa shape index (κ3) is 4.27. The summed E-state index contributed by atoms with van der Waals surface area (Å²) in [4.78, 5) is 19.4. The van der Waals surface area contributed by atoms with E-state index < -0.39 is 0 Å². The zero-order valence-corrected chi connectivity index (χ0v) is 9.83. The van der Waals surface area contributed by atoms with Gasteiger partial charge in [0.05, 0.1) is 0 Å². The number of hydrogen-bond donors (Lipinski definition) is 1. The van der Waals surface area contributed by atoms with Crippen LogP contribution in [-0.4, -0.2) is 28.7 Å². The Bertz CT molecular complexity index is 387. The zero-order chi connectivity index (χ0) is 11.8. The van der Waals surface area contributed by atoms with Crippen molar-refractivity contribution >= 4 is 23.7 Å². The van der Waals surface area contributed by atoms with Gasteiger partial charge < -0.3 is 5.32 Å². The van der Waals surface area contributed by atoms with Crippen LogP contribution in [0.25, 0.3) is 6.08 Å². The Morgan fingerprint density at radius 2 is 2.25 bits per heavy atom. The van der Waals surface area contributed by atoms with E-state index in [2.05, 4.69) is 21.9 Å². The number of thioether (sulfide) groups is 1. The third-order valence-electron chi connectivity index (χ3n) is 1.68. The van der Waals surface area contributed by atoms with E-state index in [4.69, 9.17) is 0 Å². The van der Waals surface area contributed by atoms with Gasteiger partial charge in [-0.15, -0.1) is 6.58 Å². The fourth-order valence-electron chi connectivity index (χ4n) is 0.921. The van der Waals surface area contributed by atoms with Crippen LogP contribution in [0, 0.1) is 0 Å². The lowest BCUT2D eigenvalue weighted by Gasteiger charge is -1.96. The molecule has 0 aliphatic rings. The number of amides is 1. The first-order valence-electron chi connectivity index (χ1n) is 4.69. The topological polar surface area (TPSA) is 54.9 Å². The Hall–Kier alpha value is -1.62. The Labute approximate surface area is 98.9 Å². The maximum absolute atomic E-state index is 11.2. The van der Waals surface area contributed by atoms with E-state index in [1.807, 2.05) is 6.26 Å². The van der Waals surface area contributed by atoms with Crippen molar-refractivity contribution in [3.8, 4) is 0 Å². The van der Waals surface area contributed by atoms with Crippen molar-refractivity contribution in [1.29, 1.82) is 0 Å². The number of nitrogens with zero attached hydrogens (tertiary/aromatic N) is 2. The molecular weight excluding hydrogens is 222 g/mol. The van der Waals surface area contributed by atoms with Gasteiger partial charge in [-0.25, -0.2) is 9.97 Å². The van der Waals surface area contributed by atoms with Gasteiger partial charge in [0.25, 0.3) is 0 Å². The molecule has 4 nitrogen and oxygen atoms in total. The molecule has 0 fully saturated rings. The van der Waals surface area contributed by atoms with Crippen LogP contribution in [0.5, 0.6) is 0 Å². The summed E-state index contributed by atoms with van der Waals surface area (Å²) in [6.45, 7) is 3.97. The Balaban J connectivity index is 2.55. The molecule has 0 unspecified atom stereocenters. The van der Waals surface area contributed by atoms with Gasteiger partial charge in [0.2, 0.25) is 5.91 Å². The van der Waals surface area contributed by atoms with Gasteiger partial charge in [0.1, 0.15) is 0 Å². The molecule has 0 aromatic carbocycles. The van der Waals surface area contributed by atoms with Crippen LogP contribution < -0.4 is 5.32 Å². The first-order chi connectivity index (χ1) is 7.76. The lowest BCUT2D eigenvalue weighted by atomic mass is 10.3. The van der Waals surface area contributed by atoms with E-state index in [9.17, 15) is 4.79 Å². The van der Waals surface area contributed by atoms with Crippen LogP contribution in [0.4, 0.5) is 0 Å². The van der Waals surface area contributed by atoms with E-state index in [1.54, 1.807) is 24.5 Å². The molecule has 0 saturated carbocycles. The van der Waals surface area contributed by atoms with Gasteiger partial charge in [0.15, 0.2) is 5.16 Å². The third-order valence-corrected chi connectivity index (χ3v) is 2.25. The van der Waals surface area contributed by atoms with E-state index in [0.29, 0.717) is 11.7 Å². The number of carbonyl (C=O) groups excluding carboxylic acids is 1. The van der Waals surface area contributed by atoms with Crippen molar-refractivity contribution in [2.75, 3.05) is 12.8 Å². The van der Waals surface area contributed by atoms with E-state index in [1.165, 1.54) is 17.8 Å². The lowest BCUT2D eigenvalue weighted by Crippen LogP contribution is -2.20. The Morgan fingerprint density at radius 3 is 2.81 bits per heavy atom. The molecule has 0 aliphatic carbocycles. The molecule has 1 aromatic rings. The second-order valence-electron chi connectivity index (χ2n) is 2.87. The van der Waals surface area contributed by atoms with Crippen LogP contribution in [0.2, 0.25) is 0 Å². The van der Waals surface area contributed by atoms with Crippen LogP contribution >= 0.6 is 11.8 Å². The monoisotopic (exact) mass is 235 g/mol. The summed E-state index contributed by atoms with van der Waals surface area (Å²) in [5.74, 6) is -0.158. The molecule has 0 spiro atoms. The van der Waals surface area contributed by atoms with Crippen molar-refractivity contribution in [2.24, 2.45) is 0 Å². The highest BCUT2D eigenvalue weighted by molar-refractivity contribution is 7.98. The maximum atomic E-state index is 11.2. The Kier molecular flexibility index (Phi) is 5.28. The molecule has 0 aliphatic heterocycles. The van der Waals surface area contributed by atoms with E-state index in [-0.39, 0.29) is 5.91 Å². The van der Waals surface area contributed by atoms with Gasteiger partial charge in [-0.1, -0.05) is 17.8 Å². The maximum Gasteiger partial charge on any atom is 0.244 e. The van der Waals surface area contributed by atoms with Crippen molar-refractivity contribution in [2.45, 2.75) is 5.16 Å². The summed E-state index contributed by atoms with van der Waals surface area (Å²) in [6, 6.07) is 0. The largest absolute Gasteiger partial charge is 0.349 e. The fraction of sp³-hybridized carbons (Fsp3) is 0.182. The van der Waals surface area contributed by atoms with Gasteiger partial charge in [-0.3, -0.25) is 4.79 Å². The second-order valence-corrected chi connectivity index (χ2v) is 3.64. The van der Waals surface area contributed by atoms with Crippen molar-refractivity contribution < 1.29 is 4.79 Å². The van der Waals surface area contributed by atoms with Gasteiger partial charge in [0, 0.05) is 30.6 Å². The molecule has 1 amide bonds. The minimum Gasteiger partial charge on any atom is -0.349 e. The summed E-state index contributed by atoms with van der Waals surface area (Å²) in [5.41, 5.74) is 0.798. The molecule has 5 heteroatoms. The molecule has 0 radical (unpaired) electrons. The van der Waals surface area contributed by atoms with Crippen molar-refractivity contribution in [3.63, 3.8) is 0 Å². The minimum absolute atomic E-state index is 0.158. The SMILES string of the molecule is C=CCNC(=O)C=Cc1cnc(SC)nc1.